The molecule has 19 heavy (non-hydrogen) atoms. The average molecular weight is 259 g/mol. The first kappa shape index (κ1) is 13.3. The lowest BCUT2D eigenvalue weighted by atomic mass is 10.2. The Morgan fingerprint density at radius 3 is 2.32 bits per heavy atom. The maximum Gasteiger partial charge on any atom is 0.271 e. The summed E-state index contributed by atoms with van der Waals surface area (Å²) in [5.74, 6) is -0.0329. The highest BCUT2D eigenvalue weighted by Crippen LogP contribution is 2.30. The number of benzene rings is 1. The van der Waals surface area contributed by atoms with E-state index in [0.717, 1.165) is 18.6 Å². The summed E-state index contributed by atoms with van der Waals surface area (Å²) in [5.41, 5.74) is 4.45. The minimum Gasteiger partial charge on any atom is -0.326 e. The zero-order valence-electron chi connectivity index (χ0n) is 11.1. The summed E-state index contributed by atoms with van der Waals surface area (Å²) < 4.78 is 0. The number of carbonyl (C=O) groups excluding carboxylic acids is 2. The summed E-state index contributed by atoms with van der Waals surface area (Å²) in [5, 5.41) is 6.67. The number of nitrogens with zero attached hydrogens (tertiary/aromatic N) is 1. The standard InChI is InChI=1S/C14H17N3O2/c1-9(2)16-17-14(19)11-5-7-12(8-6-11)15-13(18)10-3-4-10/h5-8,10H,3-4H2,1-2H3,(H,15,18)(H,17,19). The van der Waals surface area contributed by atoms with Gasteiger partial charge in [-0.2, -0.15) is 5.10 Å². The summed E-state index contributed by atoms with van der Waals surface area (Å²) in [7, 11) is 0. The molecule has 0 saturated heterocycles. The highest BCUT2D eigenvalue weighted by molar-refractivity contribution is 5.97. The number of hydrazone groups is 1. The van der Waals surface area contributed by atoms with Crippen LogP contribution in [0.5, 0.6) is 0 Å². The number of hydrogen-bond donors (Lipinski definition) is 2. The Labute approximate surface area is 112 Å². The van der Waals surface area contributed by atoms with E-state index < -0.39 is 0 Å². The lowest BCUT2D eigenvalue weighted by molar-refractivity contribution is -0.117. The predicted octanol–water partition coefficient (Wildman–Crippen LogP) is 2.16. The quantitative estimate of drug-likeness (QED) is 0.642. The van der Waals surface area contributed by atoms with Crippen LogP contribution in [-0.4, -0.2) is 17.5 Å². The maximum atomic E-state index is 11.7. The SMILES string of the molecule is CC(C)=NNC(=O)c1ccc(NC(=O)C2CC2)cc1. The Bertz CT molecular complexity index is 512. The van der Waals surface area contributed by atoms with Gasteiger partial charge in [-0.1, -0.05) is 0 Å². The van der Waals surface area contributed by atoms with Gasteiger partial charge in [0.15, 0.2) is 0 Å². The van der Waals surface area contributed by atoms with Crippen LogP contribution in [0.25, 0.3) is 0 Å². The van der Waals surface area contributed by atoms with Crippen LogP contribution in [0.15, 0.2) is 29.4 Å². The van der Waals surface area contributed by atoms with Crippen molar-refractivity contribution in [2.45, 2.75) is 26.7 Å². The molecule has 1 aromatic carbocycles. The van der Waals surface area contributed by atoms with Crippen molar-refractivity contribution in [2.24, 2.45) is 11.0 Å². The largest absolute Gasteiger partial charge is 0.326 e. The molecule has 0 spiro atoms. The molecule has 1 aromatic rings. The van der Waals surface area contributed by atoms with Crippen molar-refractivity contribution in [3.05, 3.63) is 29.8 Å². The molecule has 0 aromatic heterocycles. The fraction of sp³-hybridized carbons (Fsp3) is 0.357. The van der Waals surface area contributed by atoms with Crippen LogP contribution in [0.3, 0.4) is 0 Å². The third-order valence-electron chi connectivity index (χ3n) is 2.74. The van der Waals surface area contributed by atoms with E-state index in [0.29, 0.717) is 11.3 Å². The van der Waals surface area contributed by atoms with E-state index in [4.69, 9.17) is 0 Å². The van der Waals surface area contributed by atoms with Crippen LogP contribution < -0.4 is 10.7 Å². The monoisotopic (exact) mass is 259 g/mol. The van der Waals surface area contributed by atoms with Crippen molar-refractivity contribution in [1.29, 1.82) is 0 Å². The van der Waals surface area contributed by atoms with E-state index in [9.17, 15) is 9.59 Å². The van der Waals surface area contributed by atoms with Gasteiger partial charge < -0.3 is 5.32 Å². The van der Waals surface area contributed by atoms with Crippen molar-refractivity contribution in [2.75, 3.05) is 5.32 Å². The van der Waals surface area contributed by atoms with Crippen molar-refractivity contribution in [3.63, 3.8) is 0 Å². The molecule has 0 atom stereocenters. The normalized spacial score (nSPS) is 13.6. The zero-order chi connectivity index (χ0) is 13.8. The van der Waals surface area contributed by atoms with Crippen LogP contribution >= 0.6 is 0 Å². The second-order valence-electron chi connectivity index (χ2n) is 4.84. The molecule has 1 fully saturated rings. The first-order chi connectivity index (χ1) is 9.06. The number of carbonyl (C=O) groups is 2. The molecule has 0 bridgehead atoms. The Kier molecular flexibility index (Phi) is 3.94. The van der Waals surface area contributed by atoms with Crippen LogP contribution in [0, 0.1) is 5.92 Å². The molecule has 2 amide bonds. The summed E-state index contributed by atoms with van der Waals surface area (Å²) >= 11 is 0. The molecular formula is C14H17N3O2. The van der Waals surface area contributed by atoms with Crippen molar-refractivity contribution in [3.8, 4) is 0 Å². The van der Waals surface area contributed by atoms with Gasteiger partial charge in [0.25, 0.3) is 5.91 Å². The van der Waals surface area contributed by atoms with Crippen LogP contribution in [0.4, 0.5) is 5.69 Å². The number of nitrogens with one attached hydrogen (secondary N) is 2. The third kappa shape index (κ3) is 3.91. The predicted molar refractivity (Wildman–Crippen MR) is 74.0 cm³/mol. The molecule has 5 nitrogen and oxygen atoms in total. The van der Waals surface area contributed by atoms with Gasteiger partial charge in [-0.3, -0.25) is 9.59 Å². The van der Waals surface area contributed by atoms with Gasteiger partial charge in [-0.25, -0.2) is 5.43 Å². The van der Waals surface area contributed by atoms with E-state index in [1.54, 1.807) is 38.1 Å². The van der Waals surface area contributed by atoms with Crippen LogP contribution in [-0.2, 0) is 4.79 Å². The fourth-order valence-electron chi connectivity index (χ4n) is 1.52. The van der Waals surface area contributed by atoms with Crippen molar-refractivity contribution < 1.29 is 9.59 Å². The second kappa shape index (κ2) is 5.65. The van der Waals surface area contributed by atoms with Crippen molar-refractivity contribution in [1.82, 2.24) is 5.43 Å². The molecule has 0 unspecified atom stereocenters. The molecule has 1 saturated carbocycles. The van der Waals surface area contributed by atoms with Gasteiger partial charge >= 0.3 is 0 Å². The lowest BCUT2D eigenvalue weighted by Crippen LogP contribution is -2.18. The van der Waals surface area contributed by atoms with E-state index >= 15 is 0 Å². The maximum absolute atomic E-state index is 11.7. The Morgan fingerprint density at radius 1 is 1.16 bits per heavy atom. The molecule has 100 valence electrons. The van der Waals surface area contributed by atoms with Gasteiger partial charge in [0.1, 0.15) is 0 Å². The highest BCUT2D eigenvalue weighted by atomic mass is 16.2. The van der Waals surface area contributed by atoms with Crippen LogP contribution in [0.2, 0.25) is 0 Å². The minimum absolute atomic E-state index is 0.0587. The van der Waals surface area contributed by atoms with Gasteiger partial charge in [0, 0.05) is 22.9 Å². The molecule has 1 aliphatic carbocycles. The molecule has 0 radical (unpaired) electrons. The minimum atomic E-state index is -0.263. The molecule has 2 N–H and O–H groups in total. The van der Waals surface area contributed by atoms with E-state index in [2.05, 4.69) is 15.8 Å². The van der Waals surface area contributed by atoms with Gasteiger partial charge in [0.2, 0.25) is 5.91 Å². The third-order valence-corrected chi connectivity index (χ3v) is 2.74. The second-order valence-corrected chi connectivity index (χ2v) is 4.84. The van der Waals surface area contributed by atoms with Crippen molar-refractivity contribution >= 4 is 23.2 Å². The number of amides is 2. The molecule has 1 aliphatic rings. The number of anilines is 1. The summed E-state index contributed by atoms with van der Waals surface area (Å²) in [6.07, 6.45) is 1.95. The highest BCUT2D eigenvalue weighted by Gasteiger charge is 2.29. The number of hydrogen-bond acceptors (Lipinski definition) is 3. The lowest BCUT2D eigenvalue weighted by Gasteiger charge is -2.05. The van der Waals surface area contributed by atoms with Crippen LogP contribution in [0.1, 0.15) is 37.0 Å². The first-order valence-electron chi connectivity index (χ1n) is 6.28. The van der Waals surface area contributed by atoms with Gasteiger partial charge in [-0.15, -0.1) is 0 Å². The zero-order valence-corrected chi connectivity index (χ0v) is 11.1. The fourth-order valence-corrected chi connectivity index (χ4v) is 1.52. The summed E-state index contributed by atoms with van der Waals surface area (Å²) in [6.45, 7) is 3.60. The number of rotatable bonds is 4. The van der Waals surface area contributed by atoms with E-state index in [1.165, 1.54) is 0 Å². The smallest absolute Gasteiger partial charge is 0.271 e. The molecule has 2 rings (SSSR count). The molecule has 0 aliphatic heterocycles. The van der Waals surface area contributed by atoms with E-state index in [1.807, 2.05) is 0 Å². The topological polar surface area (TPSA) is 70.6 Å². The Hall–Kier alpha value is -2.17. The summed E-state index contributed by atoms with van der Waals surface area (Å²) in [6, 6.07) is 6.77. The summed E-state index contributed by atoms with van der Waals surface area (Å²) in [4.78, 5) is 23.3. The first-order valence-corrected chi connectivity index (χ1v) is 6.28. The molecule has 0 heterocycles. The average Bonchev–Trinajstić information content (AvgIpc) is 3.21. The molecule has 5 heteroatoms. The van der Waals surface area contributed by atoms with Gasteiger partial charge in [-0.05, 0) is 51.0 Å². The Morgan fingerprint density at radius 2 is 1.79 bits per heavy atom. The Balaban J connectivity index is 1.95. The molecular weight excluding hydrogens is 242 g/mol. The van der Waals surface area contributed by atoms with E-state index in [-0.39, 0.29) is 17.7 Å². The van der Waals surface area contributed by atoms with Gasteiger partial charge in [0.05, 0.1) is 0 Å².